The van der Waals surface area contributed by atoms with Crippen molar-refractivity contribution in [2.24, 2.45) is 5.73 Å². The maximum atomic E-state index is 6.18. The monoisotopic (exact) mass is 233 g/mol. The smallest absolute Gasteiger partial charge is 0.127 e. The van der Waals surface area contributed by atoms with Gasteiger partial charge in [0.25, 0.3) is 0 Å². The van der Waals surface area contributed by atoms with E-state index in [4.69, 9.17) is 10.5 Å². The van der Waals surface area contributed by atoms with Crippen molar-refractivity contribution in [3.63, 3.8) is 0 Å². The van der Waals surface area contributed by atoms with Crippen molar-refractivity contribution < 1.29 is 4.74 Å². The zero-order valence-electron chi connectivity index (χ0n) is 8.59. The number of benzene rings is 1. The van der Waals surface area contributed by atoms with Crippen molar-refractivity contribution in [2.75, 3.05) is 6.61 Å². The van der Waals surface area contributed by atoms with Gasteiger partial charge in [0.2, 0.25) is 0 Å². The van der Waals surface area contributed by atoms with E-state index in [0.717, 1.165) is 29.2 Å². The number of fused-ring (bicyclic) bond motifs is 1. The van der Waals surface area contributed by atoms with E-state index in [2.05, 4.69) is 15.7 Å². The van der Waals surface area contributed by atoms with E-state index in [0.29, 0.717) is 0 Å². The van der Waals surface area contributed by atoms with Crippen molar-refractivity contribution in [3.8, 4) is 5.75 Å². The Morgan fingerprint density at radius 2 is 2.38 bits per heavy atom. The molecule has 1 aliphatic rings. The molecule has 5 heteroatoms. The molecule has 0 saturated carbocycles. The highest BCUT2D eigenvalue weighted by atomic mass is 32.1. The number of hydrogen-bond donors (Lipinski definition) is 1. The average molecular weight is 233 g/mol. The first-order valence-corrected chi connectivity index (χ1v) is 5.91. The fraction of sp³-hybridized carbons (Fsp3) is 0.273. The highest BCUT2D eigenvalue weighted by Crippen LogP contribution is 2.35. The van der Waals surface area contributed by atoms with Crippen LogP contribution in [0.1, 0.15) is 22.0 Å². The summed E-state index contributed by atoms with van der Waals surface area (Å²) in [5.74, 6) is 0.948. The number of aromatic nitrogens is 2. The summed E-state index contributed by atoms with van der Waals surface area (Å²) in [6, 6.07) is 5.93. The highest BCUT2D eigenvalue weighted by Gasteiger charge is 2.21. The molecule has 0 spiro atoms. The molecule has 1 unspecified atom stereocenters. The van der Waals surface area contributed by atoms with Gasteiger partial charge in [0.1, 0.15) is 5.75 Å². The maximum absolute atomic E-state index is 6.18. The van der Waals surface area contributed by atoms with Crippen molar-refractivity contribution in [3.05, 3.63) is 40.4 Å². The fourth-order valence-corrected chi connectivity index (χ4v) is 2.47. The second-order valence-electron chi connectivity index (χ2n) is 3.73. The Morgan fingerprint density at radius 1 is 1.44 bits per heavy atom. The van der Waals surface area contributed by atoms with Gasteiger partial charge in [-0.3, -0.25) is 0 Å². The first-order valence-electron chi connectivity index (χ1n) is 5.13. The van der Waals surface area contributed by atoms with Crippen LogP contribution in [-0.4, -0.2) is 16.2 Å². The predicted molar refractivity (Wildman–Crippen MR) is 61.6 cm³/mol. The molecule has 1 aromatic heterocycles. The lowest BCUT2D eigenvalue weighted by atomic mass is 10.0. The molecular weight excluding hydrogens is 222 g/mol. The van der Waals surface area contributed by atoms with E-state index in [9.17, 15) is 0 Å². The van der Waals surface area contributed by atoms with Crippen LogP contribution in [0, 0.1) is 0 Å². The van der Waals surface area contributed by atoms with Gasteiger partial charge in [-0.1, -0.05) is 22.7 Å². The molecule has 0 radical (unpaired) electrons. The molecule has 0 saturated heterocycles. The molecule has 4 nitrogen and oxygen atoms in total. The Bertz CT molecular complexity index is 498. The summed E-state index contributed by atoms with van der Waals surface area (Å²) in [5, 5.41) is 3.81. The Hall–Kier alpha value is -1.46. The highest BCUT2D eigenvalue weighted by molar-refractivity contribution is 7.05. The van der Waals surface area contributed by atoms with Gasteiger partial charge < -0.3 is 10.5 Å². The minimum atomic E-state index is -0.187. The lowest BCUT2D eigenvalue weighted by Gasteiger charge is -2.13. The molecule has 82 valence electrons. The molecule has 2 aromatic rings. The number of nitrogens with zero attached hydrogens (tertiary/aromatic N) is 2. The second kappa shape index (κ2) is 3.84. The summed E-state index contributed by atoms with van der Waals surface area (Å²) in [6.07, 6.45) is 2.68. The molecule has 16 heavy (non-hydrogen) atoms. The minimum absolute atomic E-state index is 0.187. The fourth-order valence-electron chi connectivity index (χ4n) is 1.95. The zero-order chi connectivity index (χ0) is 11.0. The van der Waals surface area contributed by atoms with Gasteiger partial charge in [0.15, 0.2) is 0 Å². The zero-order valence-corrected chi connectivity index (χ0v) is 9.41. The maximum Gasteiger partial charge on any atom is 0.127 e. The normalized spacial score (nSPS) is 15.6. The van der Waals surface area contributed by atoms with Crippen LogP contribution in [0.5, 0.6) is 5.75 Å². The van der Waals surface area contributed by atoms with E-state index in [1.807, 2.05) is 12.1 Å². The number of hydrogen-bond acceptors (Lipinski definition) is 5. The molecule has 1 aromatic carbocycles. The standard InChI is InChI=1S/C11H11N3OS/c12-10(9-6-13-14-16-9)8-3-1-2-7-4-5-15-11(7)8/h1-3,6,10H,4-5,12H2. The largest absolute Gasteiger partial charge is 0.493 e. The second-order valence-corrected chi connectivity index (χ2v) is 4.55. The van der Waals surface area contributed by atoms with E-state index >= 15 is 0 Å². The molecule has 0 amide bonds. The van der Waals surface area contributed by atoms with Gasteiger partial charge in [-0.15, -0.1) is 5.10 Å². The first kappa shape index (κ1) is 9.74. The van der Waals surface area contributed by atoms with Crippen LogP contribution in [0.25, 0.3) is 0 Å². The van der Waals surface area contributed by atoms with E-state index in [1.165, 1.54) is 17.1 Å². The average Bonchev–Trinajstić information content (AvgIpc) is 2.98. The van der Waals surface area contributed by atoms with Crippen molar-refractivity contribution in [1.82, 2.24) is 9.59 Å². The van der Waals surface area contributed by atoms with Gasteiger partial charge in [-0.05, 0) is 17.1 Å². The predicted octanol–water partition coefficient (Wildman–Crippen LogP) is 1.52. The number of ether oxygens (including phenoxy) is 1. The van der Waals surface area contributed by atoms with Gasteiger partial charge >= 0.3 is 0 Å². The summed E-state index contributed by atoms with van der Waals surface area (Å²) in [6.45, 7) is 0.750. The SMILES string of the molecule is NC(c1cnns1)c1cccc2c1OCC2. The quantitative estimate of drug-likeness (QED) is 0.854. The molecule has 0 fully saturated rings. The van der Waals surface area contributed by atoms with Crippen LogP contribution in [0.2, 0.25) is 0 Å². The molecule has 2 N–H and O–H groups in total. The first-order chi connectivity index (χ1) is 7.86. The summed E-state index contributed by atoms with van der Waals surface area (Å²) < 4.78 is 9.47. The van der Waals surface area contributed by atoms with E-state index < -0.39 is 0 Å². The van der Waals surface area contributed by atoms with Crippen molar-refractivity contribution in [1.29, 1.82) is 0 Å². The van der Waals surface area contributed by atoms with Crippen molar-refractivity contribution >= 4 is 11.5 Å². The van der Waals surface area contributed by atoms with Crippen LogP contribution in [0.3, 0.4) is 0 Å². The minimum Gasteiger partial charge on any atom is -0.493 e. The third-order valence-corrected chi connectivity index (χ3v) is 3.51. The Balaban J connectivity index is 2.04. The van der Waals surface area contributed by atoms with Gasteiger partial charge in [-0.25, -0.2) is 0 Å². The molecule has 0 bridgehead atoms. The van der Waals surface area contributed by atoms with Crippen LogP contribution in [0.15, 0.2) is 24.4 Å². The van der Waals surface area contributed by atoms with Crippen LogP contribution >= 0.6 is 11.5 Å². The molecule has 2 heterocycles. The molecule has 0 aliphatic carbocycles. The molecular formula is C11H11N3OS. The van der Waals surface area contributed by atoms with Gasteiger partial charge in [0.05, 0.1) is 23.7 Å². The van der Waals surface area contributed by atoms with Crippen LogP contribution in [0.4, 0.5) is 0 Å². The molecule has 1 aliphatic heterocycles. The lowest BCUT2D eigenvalue weighted by Crippen LogP contribution is -2.11. The number of para-hydroxylation sites is 1. The lowest BCUT2D eigenvalue weighted by molar-refractivity contribution is 0.352. The van der Waals surface area contributed by atoms with Crippen LogP contribution < -0.4 is 10.5 Å². The Morgan fingerprint density at radius 3 is 3.19 bits per heavy atom. The summed E-state index contributed by atoms with van der Waals surface area (Å²) >= 11 is 1.33. The topological polar surface area (TPSA) is 61.0 Å². The third-order valence-electron chi connectivity index (χ3n) is 2.76. The van der Waals surface area contributed by atoms with E-state index in [-0.39, 0.29) is 6.04 Å². The summed E-state index contributed by atoms with van der Waals surface area (Å²) in [5.41, 5.74) is 8.45. The van der Waals surface area contributed by atoms with Crippen LogP contribution in [-0.2, 0) is 6.42 Å². The summed E-state index contributed by atoms with van der Waals surface area (Å²) in [4.78, 5) is 0.962. The van der Waals surface area contributed by atoms with E-state index in [1.54, 1.807) is 6.20 Å². The summed E-state index contributed by atoms with van der Waals surface area (Å²) in [7, 11) is 0. The van der Waals surface area contributed by atoms with Gasteiger partial charge in [0, 0.05) is 12.0 Å². The van der Waals surface area contributed by atoms with Crippen molar-refractivity contribution in [2.45, 2.75) is 12.5 Å². The molecule has 1 atom stereocenters. The Labute approximate surface area is 97.2 Å². The van der Waals surface area contributed by atoms with Gasteiger partial charge in [-0.2, -0.15) is 0 Å². The number of nitrogens with two attached hydrogens (primary N) is 1. The Kier molecular flexibility index (Phi) is 2.34. The molecule has 3 rings (SSSR count). The number of rotatable bonds is 2. The third kappa shape index (κ3) is 1.48.